The number of rotatable bonds is 13. The first-order chi connectivity index (χ1) is 12.1. The van der Waals surface area contributed by atoms with Crippen molar-refractivity contribution in [1.29, 1.82) is 0 Å². The molecule has 0 bridgehead atoms. The van der Waals surface area contributed by atoms with Crippen molar-refractivity contribution in [3.05, 3.63) is 34.2 Å². The van der Waals surface area contributed by atoms with E-state index in [1.165, 1.54) is 0 Å². The normalized spacial score (nSPS) is 10.5. The average molecular weight is 347 g/mol. The summed E-state index contributed by atoms with van der Waals surface area (Å²) in [7, 11) is 0. The molecule has 0 saturated heterocycles. The summed E-state index contributed by atoms with van der Waals surface area (Å²) in [6.45, 7) is 11.6. The van der Waals surface area contributed by atoms with Gasteiger partial charge in [-0.25, -0.2) is 9.64 Å². The lowest BCUT2D eigenvalue weighted by Crippen LogP contribution is -2.11. The van der Waals surface area contributed by atoms with Crippen LogP contribution in [-0.4, -0.2) is 31.0 Å². The van der Waals surface area contributed by atoms with Gasteiger partial charge in [-0.1, -0.05) is 52.4 Å². The van der Waals surface area contributed by atoms with Crippen molar-refractivity contribution in [1.82, 2.24) is 0 Å². The van der Waals surface area contributed by atoms with Crippen LogP contribution in [0.1, 0.15) is 65.2 Å². The van der Waals surface area contributed by atoms with E-state index in [4.69, 9.17) is 21.5 Å². The van der Waals surface area contributed by atoms with E-state index in [1.54, 1.807) is 5.87 Å². The first-order valence-electron chi connectivity index (χ1n) is 8.81. The van der Waals surface area contributed by atoms with Gasteiger partial charge in [-0.05, 0) is 18.9 Å². The van der Waals surface area contributed by atoms with Crippen LogP contribution >= 0.6 is 0 Å². The number of hydrogen-bond acceptors (Lipinski definition) is 4. The number of nitrogens with zero attached hydrogens (tertiary/aromatic N) is 2. The topological polar surface area (TPSA) is 79.3 Å². The molecule has 0 aromatic carbocycles. The van der Waals surface area contributed by atoms with Gasteiger partial charge in [0, 0.05) is 0 Å². The van der Waals surface area contributed by atoms with Gasteiger partial charge in [-0.3, -0.25) is 10.7 Å². The fraction of sp³-hybridized carbons (Fsp3) is 0.632. The van der Waals surface area contributed by atoms with Crippen LogP contribution in [0.5, 0.6) is 0 Å². The molecule has 0 N–H and O–H groups in total. The minimum atomic E-state index is -0.824. The third-order valence-corrected chi connectivity index (χ3v) is 3.41. The molecule has 6 nitrogen and oxygen atoms in total. The minimum Gasteiger partial charge on any atom is -0.763 e. The van der Waals surface area contributed by atoms with Crippen molar-refractivity contribution >= 4 is 17.8 Å². The average Bonchev–Trinajstić information content (AvgIpc) is 2.62. The number of ether oxygens (including phenoxy) is 2. The third kappa shape index (κ3) is 10.9. The van der Waals surface area contributed by atoms with Gasteiger partial charge in [0.05, 0.1) is 25.4 Å². The van der Waals surface area contributed by atoms with Gasteiger partial charge in [-0.15, -0.1) is 0 Å². The summed E-state index contributed by atoms with van der Waals surface area (Å²) in [5, 5.41) is 9.05. The summed E-state index contributed by atoms with van der Waals surface area (Å²) in [5.74, 6) is 0.0249. The zero-order valence-corrected chi connectivity index (χ0v) is 15.2. The van der Waals surface area contributed by atoms with Crippen LogP contribution in [0.3, 0.4) is 0 Å². The zero-order valence-electron chi connectivity index (χ0n) is 15.2. The molecule has 0 atom stereocenters. The Morgan fingerprint density at radius 1 is 0.960 bits per heavy atom. The van der Waals surface area contributed by atoms with Gasteiger partial charge in [0.15, 0.2) is 0 Å². The molecule has 0 aliphatic heterocycles. The number of esters is 2. The molecule has 0 aromatic rings. The second-order valence-corrected chi connectivity index (χ2v) is 5.56. The molecule has 0 heterocycles. The Morgan fingerprint density at radius 3 is 1.92 bits per heavy atom. The highest BCUT2D eigenvalue weighted by Crippen LogP contribution is 2.09. The van der Waals surface area contributed by atoms with E-state index in [0.717, 1.165) is 57.4 Å². The molecule has 138 valence electrons. The van der Waals surface area contributed by atoms with Gasteiger partial charge in [0.2, 0.25) is 0 Å². The van der Waals surface area contributed by atoms with Crippen molar-refractivity contribution < 1.29 is 19.1 Å². The molecule has 6 heteroatoms. The lowest BCUT2D eigenvalue weighted by atomic mass is 10.2. The Labute approximate surface area is 150 Å². The molecule has 0 rings (SSSR count). The molecule has 0 amide bonds. The summed E-state index contributed by atoms with van der Waals surface area (Å²) < 4.78 is 9.99. The lowest BCUT2D eigenvalue weighted by Gasteiger charge is -2.06. The van der Waals surface area contributed by atoms with Gasteiger partial charge in [0.25, 0.3) is 5.70 Å². The Balaban J connectivity index is 4.53. The fourth-order valence-electron chi connectivity index (χ4n) is 1.95. The van der Waals surface area contributed by atoms with E-state index in [1.807, 2.05) is 0 Å². The van der Waals surface area contributed by atoms with Crippen LogP contribution in [0.25, 0.3) is 10.3 Å². The molecular formula is C19H27N2O4-. The van der Waals surface area contributed by atoms with E-state index >= 15 is 0 Å². The Kier molecular flexibility index (Phi) is 13.7. The van der Waals surface area contributed by atoms with Crippen LogP contribution < -0.4 is 0 Å². The molecule has 0 aliphatic carbocycles. The van der Waals surface area contributed by atoms with Gasteiger partial charge >= 0.3 is 11.9 Å². The molecule has 0 unspecified atom stereocenters. The molecule has 0 radical (unpaired) electrons. The maximum Gasteiger partial charge on any atom is 0.342 e. The highest BCUT2D eigenvalue weighted by Gasteiger charge is 2.15. The largest absolute Gasteiger partial charge is 0.763 e. The molecule has 0 aliphatic rings. The van der Waals surface area contributed by atoms with Crippen LogP contribution in [0, 0.1) is 6.57 Å². The smallest absolute Gasteiger partial charge is 0.342 e. The highest BCUT2D eigenvalue weighted by molar-refractivity contribution is 6.04. The monoisotopic (exact) mass is 347 g/mol. The number of carbonyl (C=O) groups is 2. The Hall–Kier alpha value is -2.38. The van der Waals surface area contributed by atoms with Crippen molar-refractivity contribution in [3.8, 4) is 0 Å². The van der Waals surface area contributed by atoms with E-state index in [0.29, 0.717) is 0 Å². The van der Waals surface area contributed by atoms with Crippen molar-refractivity contribution in [2.75, 3.05) is 13.2 Å². The molecule has 0 fully saturated rings. The predicted molar refractivity (Wildman–Crippen MR) is 96.8 cm³/mol. The van der Waals surface area contributed by atoms with E-state index in [2.05, 4.69) is 18.7 Å². The van der Waals surface area contributed by atoms with E-state index < -0.39 is 17.6 Å². The number of carbonyl (C=O) groups excluding carboxylic acids is 2. The van der Waals surface area contributed by atoms with Crippen molar-refractivity contribution in [2.45, 2.75) is 65.2 Å². The summed E-state index contributed by atoms with van der Waals surface area (Å²) in [6, 6.07) is 0. The lowest BCUT2D eigenvalue weighted by molar-refractivity contribution is -0.139. The van der Waals surface area contributed by atoms with Crippen LogP contribution in [0.4, 0.5) is 0 Å². The SMILES string of the molecule is [C-]#[N+]C(=CC(=C=[N-])C(=O)OCCCCCC)C(=O)OCCCCCC. The molecule has 0 aromatic heterocycles. The zero-order chi connectivity index (χ0) is 18.9. The summed E-state index contributed by atoms with van der Waals surface area (Å²) in [6.07, 6.45) is 8.52. The van der Waals surface area contributed by atoms with Crippen LogP contribution in [0.2, 0.25) is 0 Å². The number of hydrogen-bond donors (Lipinski definition) is 0. The highest BCUT2D eigenvalue weighted by atomic mass is 16.5. The Bertz CT molecular complexity index is 540. The summed E-state index contributed by atoms with van der Waals surface area (Å²) in [4.78, 5) is 26.7. The first-order valence-corrected chi connectivity index (χ1v) is 8.81. The van der Waals surface area contributed by atoms with Gasteiger partial charge in [0.1, 0.15) is 0 Å². The van der Waals surface area contributed by atoms with E-state index in [9.17, 15) is 9.59 Å². The minimum absolute atomic E-state index is 0.215. The quantitative estimate of drug-likeness (QED) is 0.125. The first kappa shape index (κ1) is 22.6. The fourth-order valence-corrected chi connectivity index (χ4v) is 1.95. The second kappa shape index (κ2) is 15.2. The van der Waals surface area contributed by atoms with Crippen LogP contribution in [0.15, 0.2) is 17.3 Å². The molecule has 0 saturated carbocycles. The summed E-state index contributed by atoms with van der Waals surface area (Å²) >= 11 is 0. The van der Waals surface area contributed by atoms with Gasteiger partial charge in [-0.2, -0.15) is 0 Å². The van der Waals surface area contributed by atoms with E-state index in [-0.39, 0.29) is 18.8 Å². The molecular weight excluding hydrogens is 320 g/mol. The van der Waals surface area contributed by atoms with Crippen LogP contribution in [-0.2, 0) is 19.1 Å². The maximum absolute atomic E-state index is 11.8. The Morgan fingerprint density at radius 2 is 1.48 bits per heavy atom. The standard InChI is InChI=1S/C19H27N2O4/c1-4-6-8-10-12-24-18(22)16(15-20)14-17(21-3)19(23)25-13-11-9-7-5-2/h14H,4-13H2,1-2H3/q-1. The third-order valence-electron chi connectivity index (χ3n) is 3.41. The predicted octanol–water partition coefficient (Wildman–Crippen LogP) is 4.20. The second-order valence-electron chi connectivity index (χ2n) is 5.56. The number of unbranched alkanes of at least 4 members (excludes halogenated alkanes) is 6. The maximum atomic E-state index is 11.8. The molecule has 25 heavy (non-hydrogen) atoms. The summed E-state index contributed by atoms with van der Waals surface area (Å²) in [5.41, 5.74) is -0.764. The molecule has 0 spiro atoms. The van der Waals surface area contributed by atoms with Crippen molar-refractivity contribution in [3.63, 3.8) is 0 Å². The van der Waals surface area contributed by atoms with Crippen molar-refractivity contribution in [2.24, 2.45) is 0 Å². The van der Waals surface area contributed by atoms with Gasteiger partial charge < -0.3 is 14.9 Å².